The lowest BCUT2D eigenvalue weighted by Gasteiger charge is -2.32. The summed E-state index contributed by atoms with van der Waals surface area (Å²) in [6, 6.07) is -0.712. The minimum absolute atomic E-state index is 0.0176. The van der Waals surface area contributed by atoms with Crippen molar-refractivity contribution in [2.75, 3.05) is 32.9 Å². The number of carbonyl (C=O) groups is 1. The molecule has 1 amide bonds. The van der Waals surface area contributed by atoms with Gasteiger partial charge >= 0.3 is 0 Å². The second kappa shape index (κ2) is 5.79. The molecule has 0 aromatic rings. The molecule has 99 valence electrons. The summed E-state index contributed by atoms with van der Waals surface area (Å²) in [6.07, 6.45) is 2.99. The summed E-state index contributed by atoms with van der Waals surface area (Å²) in [5.41, 5.74) is 5.23. The van der Waals surface area contributed by atoms with Crippen LogP contribution in [-0.4, -0.2) is 62.5 Å². The molecule has 6 nitrogen and oxygen atoms in total. The summed E-state index contributed by atoms with van der Waals surface area (Å²) in [4.78, 5) is 13.0. The van der Waals surface area contributed by atoms with Gasteiger partial charge in [-0.05, 0) is 33.4 Å². The normalized spacial score (nSPS) is 22.9. The fraction of sp³-hybridized carbons (Fsp3) is 0.800. The van der Waals surface area contributed by atoms with Gasteiger partial charge in [0.25, 0.3) is 0 Å². The van der Waals surface area contributed by atoms with E-state index in [1.807, 2.05) is 20.5 Å². The number of amides is 1. The summed E-state index contributed by atoms with van der Waals surface area (Å²) < 4.78 is 25.4. The lowest BCUT2D eigenvalue weighted by molar-refractivity contribution is -0.122. The molecule has 0 saturated carbocycles. The molecule has 17 heavy (non-hydrogen) atoms. The second-order valence-corrected chi connectivity index (χ2v) is 6.50. The summed E-state index contributed by atoms with van der Waals surface area (Å²) in [5.74, 6) is -0.557. The van der Waals surface area contributed by atoms with Crippen molar-refractivity contribution >= 4 is 15.9 Å². The van der Waals surface area contributed by atoms with E-state index in [4.69, 9.17) is 5.73 Å². The third-order valence-electron chi connectivity index (χ3n) is 2.77. The number of rotatable bonds is 5. The third kappa shape index (κ3) is 3.93. The third-order valence-corrected chi connectivity index (χ3v) is 4.62. The Morgan fingerprint density at radius 1 is 1.53 bits per heavy atom. The van der Waals surface area contributed by atoms with E-state index in [-0.39, 0.29) is 5.75 Å². The molecule has 1 unspecified atom stereocenters. The molecule has 0 aliphatic carbocycles. The van der Waals surface area contributed by atoms with Crippen molar-refractivity contribution < 1.29 is 13.2 Å². The molecule has 0 aromatic carbocycles. The number of carbonyl (C=O) groups excluding carboxylic acids is 1. The van der Waals surface area contributed by atoms with Gasteiger partial charge in [-0.1, -0.05) is 0 Å². The lowest BCUT2D eigenvalue weighted by Crippen LogP contribution is -2.51. The molecule has 1 fully saturated rings. The Kier molecular flexibility index (Phi) is 4.91. The molecule has 0 aromatic heterocycles. The molecule has 1 atom stereocenters. The van der Waals surface area contributed by atoms with Crippen LogP contribution in [-0.2, 0) is 14.8 Å². The minimum Gasteiger partial charge on any atom is -0.368 e. The number of nitrogens with two attached hydrogens (primary N) is 1. The van der Waals surface area contributed by atoms with Gasteiger partial charge in [-0.15, -0.1) is 0 Å². The van der Waals surface area contributed by atoms with E-state index in [1.54, 1.807) is 4.90 Å². The SMILES string of the molecule is CN(C)CCS(=O)(=O)N1CC[CH]CC1C(N)=O. The van der Waals surface area contributed by atoms with E-state index < -0.39 is 22.0 Å². The van der Waals surface area contributed by atoms with E-state index in [9.17, 15) is 13.2 Å². The molecule has 1 radical (unpaired) electrons. The fourth-order valence-electron chi connectivity index (χ4n) is 1.77. The first-order valence-corrected chi connectivity index (χ1v) is 7.21. The standard InChI is InChI=1S/C10H20N3O3S/c1-12(2)7-8-17(15,16)13-6-4-3-5-9(13)10(11)14/h3,9H,4-8H2,1-2H3,(H2,11,14). The van der Waals surface area contributed by atoms with E-state index in [2.05, 4.69) is 0 Å². The molecule has 1 rings (SSSR count). The zero-order valence-corrected chi connectivity index (χ0v) is 11.1. The largest absolute Gasteiger partial charge is 0.368 e. The van der Waals surface area contributed by atoms with Gasteiger partial charge in [-0.2, -0.15) is 4.31 Å². The second-order valence-electron chi connectivity index (χ2n) is 4.46. The minimum atomic E-state index is -3.40. The van der Waals surface area contributed by atoms with Gasteiger partial charge in [0, 0.05) is 13.1 Å². The number of hydrogen-bond acceptors (Lipinski definition) is 4. The van der Waals surface area contributed by atoms with Crippen LogP contribution < -0.4 is 5.73 Å². The van der Waals surface area contributed by atoms with E-state index in [0.29, 0.717) is 25.9 Å². The zero-order valence-electron chi connectivity index (χ0n) is 10.3. The molecular weight excluding hydrogens is 242 g/mol. The van der Waals surface area contributed by atoms with Crippen LogP contribution in [0.25, 0.3) is 0 Å². The van der Waals surface area contributed by atoms with Crippen LogP contribution >= 0.6 is 0 Å². The van der Waals surface area contributed by atoms with Crippen molar-refractivity contribution in [3.63, 3.8) is 0 Å². The Labute approximate surface area is 103 Å². The molecule has 1 saturated heterocycles. The Balaban J connectivity index is 2.76. The van der Waals surface area contributed by atoms with Crippen molar-refractivity contribution in [3.8, 4) is 0 Å². The molecule has 1 aliphatic rings. The van der Waals surface area contributed by atoms with Crippen LogP contribution in [0.4, 0.5) is 0 Å². The highest BCUT2D eigenvalue weighted by atomic mass is 32.2. The highest BCUT2D eigenvalue weighted by Crippen LogP contribution is 2.19. The first kappa shape index (κ1) is 14.4. The summed E-state index contributed by atoms with van der Waals surface area (Å²) in [7, 11) is 0.219. The van der Waals surface area contributed by atoms with E-state index >= 15 is 0 Å². The molecule has 1 heterocycles. The lowest BCUT2D eigenvalue weighted by atomic mass is 10.0. The molecular formula is C10H20N3O3S. The number of nitrogens with zero attached hydrogens (tertiary/aromatic N) is 2. The first-order valence-electron chi connectivity index (χ1n) is 5.60. The maximum atomic E-state index is 12.1. The van der Waals surface area contributed by atoms with Crippen molar-refractivity contribution in [2.24, 2.45) is 5.73 Å². The molecule has 0 spiro atoms. The highest BCUT2D eigenvalue weighted by molar-refractivity contribution is 7.89. The Bertz CT molecular complexity index is 367. The first-order chi connectivity index (χ1) is 7.84. The van der Waals surface area contributed by atoms with Gasteiger partial charge in [0.1, 0.15) is 6.04 Å². The highest BCUT2D eigenvalue weighted by Gasteiger charge is 2.35. The summed E-state index contributed by atoms with van der Waals surface area (Å²) in [5, 5.41) is 0. The predicted octanol–water partition coefficient (Wildman–Crippen LogP) is -0.968. The van der Waals surface area contributed by atoms with Gasteiger partial charge in [-0.25, -0.2) is 8.42 Å². The quantitative estimate of drug-likeness (QED) is 0.691. The van der Waals surface area contributed by atoms with Gasteiger partial charge in [-0.3, -0.25) is 4.79 Å². The average molecular weight is 262 g/mol. The van der Waals surface area contributed by atoms with Crippen molar-refractivity contribution in [1.29, 1.82) is 0 Å². The Hall–Kier alpha value is -0.660. The molecule has 0 bridgehead atoms. The fourth-order valence-corrected chi connectivity index (χ4v) is 3.57. The predicted molar refractivity (Wildman–Crippen MR) is 65.6 cm³/mol. The molecule has 1 aliphatic heterocycles. The molecule has 7 heteroatoms. The van der Waals surface area contributed by atoms with Crippen LogP contribution in [0, 0.1) is 6.42 Å². The van der Waals surface area contributed by atoms with Crippen LogP contribution in [0.2, 0.25) is 0 Å². The number of primary amides is 1. The van der Waals surface area contributed by atoms with E-state index in [1.165, 1.54) is 4.31 Å². The zero-order chi connectivity index (χ0) is 13.1. The maximum absolute atomic E-state index is 12.1. The van der Waals surface area contributed by atoms with Crippen LogP contribution in [0.1, 0.15) is 12.8 Å². The average Bonchev–Trinajstić information content (AvgIpc) is 2.26. The molecule has 2 N–H and O–H groups in total. The van der Waals surface area contributed by atoms with Crippen molar-refractivity contribution in [2.45, 2.75) is 18.9 Å². The van der Waals surface area contributed by atoms with Crippen molar-refractivity contribution in [3.05, 3.63) is 6.42 Å². The Morgan fingerprint density at radius 3 is 2.71 bits per heavy atom. The number of hydrogen-bond donors (Lipinski definition) is 1. The van der Waals surface area contributed by atoms with Crippen LogP contribution in [0.15, 0.2) is 0 Å². The van der Waals surface area contributed by atoms with Gasteiger partial charge in [0.2, 0.25) is 15.9 Å². The Morgan fingerprint density at radius 2 is 2.18 bits per heavy atom. The number of sulfonamides is 1. The van der Waals surface area contributed by atoms with Gasteiger partial charge < -0.3 is 10.6 Å². The number of piperidine rings is 1. The summed E-state index contributed by atoms with van der Waals surface area (Å²) >= 11 is 0. The maximum Gasteiger partial charge on any atom is 0.235 e. The van der Waals surface area contributed by atoms with Crippen LogP contribution in [0.3, 0.4) is 0 Å². The van der Waals surface area contributed by atoms with Gasteiger partial charge in [0.05, 0.1) is 5.75 Å². The van der Waals surface area contributed by atoms with Gasteiger partial charge in [0.15, 0.2) is 0 Å². The van der Waals surface area contributed by atoms with E-state index in [0.717, 1.165) is 0 Å². The topological polar surface area (TPSA) is 83.7 Å². The summed E-state index contributed by atoms with van der Waals surface area (Å²) in [6.45, 7) is 0.789. The van der Waals surface area contributed by atoms with Crippen molar-refractivity contribution in [1.82, 2.24) is 9.21 Å². The monoisotopic (exact) mass is 262 g/mol. The smallest absolute Gasteiger partial charge is 0.235 e. The van der Waals surface area contributed by atoms with Crippen LogP contribution in [0.5, 0.6) is 0 Å².